The van der Waals surface area contributed by atoms with E-state index in [0.717, 1.165) is 0 Å². The lowest BCUT2D eigenvalue weighted by molar-refractivity contribution is -0.411. The van der Waals surface area contributed by atoms with Crippen molar-refractivity contribution in [2.75, 3.05) is 0 Å². The molecule has 0 aliphatic carbocycles. The van der Waals surface area contributed by atoms with Crippen molar-refractivity contribution in [1.82, 2.24) is 4.90 Å². The topological polar surface area (TPSA) is 3.24 Å². The maximum Gasteiger partial charge on any atom is 0.462 e. The zero-order chi connectivity index (χ0) is 20.4. The van der Waals surface area contributed by atoms with Crippen LogP contribution in [0.4, 0.5) is 65.9 Å². The standard InChI is InChI=1S/C9F15N/c10-1-2(11)4(12)25(6(16,17)3(1)5(13,14)15)9(23,24)7(18,19)8(20,21)22. The highest BCUT2D eigenvalue weighted by Crippen LogP contribution is 2.57. The van der Waals surface area contributed by atoms with Gasteiger partial charge in [0.2, 0.25) is 11.8 Å². The summed E-state index contributed by atoms with van der Waals surface area (Å²) in [5, 5.41) is 0. The zero-order valence-electron chi connectivity index (χ0n) is 10.6. The van der Waals surface area contributed by atoms with Crippen LogP contribution in [0.1, 0.15) is 0 Å². The van der Waals surface area contributed by atoms with Crippen LogP contribution >= 0.6 is 0 Å². The molecule has 146 valence electrons. The normalized spacial score (nSPS) is 20.5. The minimum Gasteiger partial charge on any atom is -0.215 e. The van der Waals surface area contributed by atoms with Crippen LogP contribution in [-0.4, -0.2) is 35.3 Å². The summed E-state index contributed by atoms with van der Waals surface area (Å²) in [6.07, 6.45) is -14.1. The fraction of sp³-hybridized carbons (Fsp3) is 0.556. The summed E-state index contributed by atoms with van der Waals surface area (Å²) in [4.78, 5) is -3.41. The Bertz CT molecular complexity index is 618. The predicted octanol–water partition coefficient (Wildman–Crippen LogP) is 5.58. The lowest BCUT2D eigenvalue weighted by Gasteiger charge is -2.42. The van der Waals surface area contributed by atoms with Crippen molar-refractivity contribution in [1.29, 1.82) is 0 Å². The second kappa shape index (κ2) is 5.36. The van der Waals surface area contributed by atoms with E-state index in [-0.39, 0.29) is 0 Å². The Labute approximate surface area is 126 Å². The first-order valence-corrected chi connectivity index (χ1v) is 5.26. The smallest absolute Gasteiger partial charge is 0.215 e. The third-order valence-corrected chi connectivity index (χ3v) is 2.67. The van der Waals surface area contributed by atoms with E-state index in [1.165, 1.54) is 0 Å². The van der Waals surface area contributed by atoms with Gasteiger partial charge in [0.05, 0.1) is 0 Å². The van der Waals surface area contributed by atoms with Crippen LogP contribution in [-0.2, 0) is 0 Å². The van der Waals surface area contributed by atoms with Crippen LogP contribution in [0.5, 0.6) is 0 Å². The van der Waals surface area contributed by atoms with Crippen LogP contribution in [0.15, 0.2) is 23.2 Å². The highest BCUT2D eigenvalue weighted by molar-refractivity contribution is 5.39. The molecule has 25 heavy (non-hydrogen) atoms. The van der Waals surface area contributed by atoms with Gasteiger partial charge in [0.25, 0.3) is 0 Å². The molecule has 0 aromatic rings. The van der Waals surface area contributed by atoms with Gasteiger partial charge in [-0.15, -0.1) is 0 Å². The van der Waals surface area contributed by atoms with E-state index in [1.807, 2.05) is 0 Å². The Morgan fingerprint density at radius 3 is 1.40 bits per heavy atom. The van der Waals surface area contributed by atoms with Crippen molar-refractivity contribution in [2.45, 2.75) is 30.4 Å². The van der Waals surface area contributed by atoms with E-state index in [1.54, 1.807) is 0 Å². The Kier molecular flexibility index (Phi) is 4.56. The van der Waals surface area contributed by atoms with Crippen molar-refractivity contribution in [3.8, 4) is 0 Å². The average Bonchev–Trinajstić information content (AvgIpc) is 2.31. The molecule has 0 bridgehead atoms. The van der Waals surface area contributed by atoms with Gasteiger partial charge in [-0.25, -0.2) is 9.29 Å². The number of nitrogens with zero attached hydrogens (tertiary/aromatic N) is 1. The molecule has 0 amide bonds. The van der Waals surface area contributed by atoms with Crippen molar-refractivity contribution in [3.05, 3.63) is 23.2 Å². The number of alkyl halides is 12. The summed E-state index contributed by atoms with van der Waals surface area (Å²) in [6, 6.07) is -14.3. The van der Waals surface area contributed by atoms with Crippen molar-refractivity contribution in [2.24, 2.45) is 0 Å². The molecular weight excluding hydrogens is 407 g/mol. The van der Waals surface area contributed by atoms with Crippen LogP contribution in [0, 0.1) is 0 Å². The molecule has 1 heterocycles. The fourth-order valence-electron chi connectivity index (χ4n) is 1.57. The van der Waals surface area contributed by atoms with Gasteiger partial charge in [-0.3, -0.25) is 0 Å². The Morgan fingerprint density at radius 1 is 0.680 bits per heavy atom. The highest BCUT2D eigenvalue weighted by atomic mass is 19.4. The van der Waals surface area contributed by atoms with E-state index >= 15 is 0 Å². The van der Waals surface area contributed by atoms with Gasteiger partial charge in [-0.1, -0.05) is 0 Å². The fourth-order valence-corrected chi connectivity index (χ4v) is 1.57. The minimum absolute atomic E-state index is 3.41. The molecule has 0 atom stereocenters. The quantitative estimate of drug-likeness (QED) is 0.427. The van der Waals surface area contributed by atoms with Crippen molar-refractivity contribution < 1.29 is 65.9 Å². The lowest BCUT2D eigenvalue weighted by Crippen LogP contribution is -2.66. The molecule has 1 rings (SSSR count). The van der Waals surface area contributed by atoms with Crippen LogP contribution < -0.4 is 0 Å². The molecule has 0 spiro atoms. The van der Waals surface area contributed by atoms with Crippen molar-refractivity contribution in [3.63, 3.8) is 0 Å². The van der Waals surface area contributed by atoms with Crippen LogP contribution in [0.2, 0.25) is 0 Å². The number of hydrogen-bond acceptors (Lipinski definition) is 1. The second-order valence-corrected chi connectivity index (χ2v) is 4.28. The van der Waals surface area contributed by atoms with E-state index in [0.29, 0.717) is 0 Å². The molecule has 0 saturated carbocycles. The van der Waals surface area contributed by atoms with Gasteiger partial charge in [0.15, 0.2) is 11.4 Å². The number of allylic oxidation sites excluding steroid dienone is 2. The lowest BCUT2D eigenvalue weighted by atomic mass is 10.1. The van der Waals surface area contributed by atoms with E-state index in [2.05, 4.69) is 0 Å². The molecule has 0 aromatic carbocycles. The SMILES string of the molecule is FC1=C(F)N(C(F)(F)C(F)(F)C(F)(F)F)C(F)(F)C(C(F)(F)F)=C1F. The molecule has 1 aliphatic heterocycles. The third kappa shape index (κ3) is 2.88. The van der Waals surface area contributed by atoms with Crippen LogP contribution in [0.3, 0.4) is 0 Å². The Balaban J connectivity index is 3.79. The van der Waals surface area contributed by atoms with Gasteiger partial charge in [0, 0.05) is 0 Å². The summed E-state index contributed by atoms with van der Waals surface area (Å²) >= 11 is 0. The highest BCUT2D eigenvalue weighted by Gasteiger charge is 2.81. The van der Waals surface area contributed by atoms with E-state index in [9.17, 15) is 65.9 Å². The maximum atomic E-state index is 13.4. The number of halogens is 15. The molecule has 0 radical (unpaired) electrons. The summed E-state index contributed by atoms with van der Waals surface area (Å²) in [7, 11) is 0. The van der Waals surface area contributed by atoms with Crippen molar-refractivity contribution >= 4 is 0 Å². The van der Waals surface area contributed by atoms with E-state index < -0.39 is 58.4 Å². The first-order chi connectivity index (χ1) is 10.7. The molecule has 1 nitrogen and oxygen atoms in total. The number of rotatable bonds is 2. The van der Waals surface area contributed by atoms with Crippen LogP contribution in [0.25, 0.3) is 0 Å². The maximum absolute atomic E-state index is 13.4. The summed E-state index contributed by atoms with van der Waals surface area (Å²) in [6.45, 7) is 0. The molecule has 0 aromatic heterocycles. The van der Waals surface area contributed by atoms with Gasteiger partial charge in [-0.05, 0) is 0 Å². The minimum atomic E-state index is -7.58. The molecule has 0 fully saturated rings. The first-order valence-electron chi connectivity index (χ1n) is 5.26. The number of hydrogen-bond donors (Lipinski definition) is 0. The molecule has 0 unspecified atom stereocenters. The van der Waals surface area contributed by atoms with Gasteiger partial charge in [0.1, 0.15) is 0 Å². The molecule has 0 saturated heterocycles. The van der Waals surface area contributed by atoms with Gasteiger partial charge in [-0.2, -0.15) is 61.5 Å². The third-order valence-electron chi connectivity index (χ3n) is 2.67. The Hall–Kier alpha value is -1.77. The largest absolute Gasteiger partial charge is 0.462 e. The summed E-state index contributed by atoms with van der Waals surface area (Å²) in [5.41, 5.74) is -4.23. The summed E-state index contributed by atoms with van der Waals surface area (Å²) < 4.78 is 190. The molecule has 16 heteroatoms. The predicted molar refractivity (Wildman–Crippen MR) is 46.2 cm³/mol. The molecule has 0 N–H and O–H groups in total. The first kappa shape index (κ1) is 21.3. The van der Waals surface area contributed by atoms with E-state index in [4.69, 9.17) is 0 Å². The van der Waals surface area contributed by atoms with Gasteiger partial charge >= 0.3 is 30.4 Å². The molecular formula is C9F15N. The average molecular weight is 407 g/mol. The Morgan fingerprint density at radius 2 is 1.08 bits per heavy atom. The molecule has 1 aliphatic rings. The van der Waals surface area contributed by atoms with Gasteiger partial charge < -0.3 is 0 Å². The monoisotopic (exact) mass is 407 g/mol. The summed E-state index contributed by atoms with van der Waals surface area (Å²) in [5.74, 6) is -19.2. The zero-order valence-corrected chi connectivity index (χ0v) is 10.6. The second-order valence-electron chi connectivity index (χ2n) is 4.28.